The molecule has 1 amide bonds. The molecule has 1 aliphatic rings. The Balaban J connectivity index is 2.70. The Hall–Kier alpha value is -0.570. The Labute approximate surface area is 106 Å². The SMILES string of the molecule is CC(C)CN(CC(C)C)C(=O)C1(N)CCCC1. The molecular weight excluding hydrogens is 212 g/mol. The van der Waals surface area contributed by atoms with Gasteiger partial charge in [-0.15, -0.1) is 0 Å². The molecule has 1 rings (SSSR count). The number of nitrogens with two attached hydrogens (primary N) is 1. The normalized spacial score (nSPS) is 19.0. The van der Waals surface area contributed by atoms with Crippen molar-refractivity contribution in [1.82, 2.24) is 4.90 Å². The smallest absolute Gasteiger partial charge is 0.242 e. The van der Waals surface area contributed by atoms with Crippen LogP contribution >= 0.6 is 0 Å². The predicted octanol–water partition coefficient (Wildman–Crippen LogP) is 2.40. The van der Waals surface area contributed by atoms with Gasteiger partial charge in [-0.2, -0.15) is 0 Å². The third kappa shape index (κ3) is 3.98. The minimum absolute atomic E-state index is 0.178. The molecule has 17 heavy (non-hydrogen) atoms. The first-order chi connectivity index (χ1) is 7.85. The summed E-state index contributed by atoms with van der Waals surface area (Å²) in [4.78, 5) is 14.5. The first-order valence-corrected chi connectivity index (χ1v) is 6.93. The number of hydrogen-bond donors (Lipinski definition) is 1. The van der Waals surface area contributed by atoms with E-state index in [0.717, 1.165) is 38.8 Å². The van der Waals surface area contributed by atoms with Crippen LogP contribution in [0.5, 0.6) is 0 Å². The topological polar surface area (TPSA) is 46.3 Å². The van der Waals surface area contributed by atoms with Gasteiger partial charge >= 0.3 is 0 Å². The lowest BCUT2D eigenvalue weighted by Crippen LogP contribution is -2.55. The maximum Gasteiger partial charge on any atom is 0.242 e. The fraction of sp³-hybridized carbons (Fsp3) is 0.929. The minimum atomic E-state index is -0.566. The van der Waals surface area contributed by atoms with Crippen LogP contribution in [0.15, 0.2) is 0 Å². The quantitative estimate of drug-likeness (QED) is 0.802. The van der Waals surface area contributed by atoms with Crippen molar-refractivity contribution < 1.29 is 4.79 Å². The lowest BCUT2D eigenvalue weighted by Gasteiger charge is -2.33. The molecule has 0 heterocycles. The summed E-state index contributed by atoms with van der Waals surface area (Å²) in [5, 5.41) is 0. The third-order valence-electron chi connectivity index (χ3n) is 3.38. The van der Waals surface area contributed by atoms with Crippen LogP contribution in [-0.2, 0) is 4.79 Å². The lowest BCUT2D eigenvalue weighted by atomic mass is 9.96. The van der Waals surface area contributed by atoms with Crippen LogP contribution in [0.25, 0.3) is 0 Å². The molecule has 100 valence electrons. The fourth-order valence-electron chi connectivity index (χ4n) is 2.66. The van der Waals surface area contributed by atoms with Crippen molar-refractivity contribution in [3.05, 3.63) is 0 Å². The molecule has 0 spiro atoms. The molecule has 0 atom stereocenters. The van der Waals surface area contributed by atoms with E-state index in [1.807, 2.05) is 4.90 Å². The summed E-state index contributed by atoms with van der Waals surface area (Å²) < 4.78 is 0. The highest BCUT2D eigenvalue weighted by molar-refractivity contribution is 5.86. The van der Waals surface area contributed by atoms with Crippen LogP contribution < -0.4 is 5.73 Å². The van der Waals surface area contributed by atoms with Crippen LogP contribution in [0.3, 0.4) is 0 Å². The van der Waals surface area contributed by atoms with Crippen molar-refractivity contribution in [2.45, 2.75) is 58.9 Å². The Morgan fingerprint density at radius 1 is 1.12 bits per heavy atom. The first-order valence-electron chi connectivity index (χ1n) is 6.93. The third-order valence-corrected chi connectivity index (χ3v) is 3.38. The number of hydrogen-bond acceptors (Lipinski definition) is 2. The van der Waals surface area contributed by atoms with Gasteiger partial charge in [0.05, 0.1) is 5.54 Å². The highest BCUT2D eigenvalue weighted by Crippen LogP contribution is 2.29. The molecule has 3 heteroatoms. The molecular formula is C14H28N2O. The molecule has 0 aliphatic heterocycles. The summed E-state index contributed by atoms with van der Waals surface area (Å²) in [5.41, 5.74) is 5.70. The highest BCUT2D eigenvalue weighted by Gasteiger charge is 2.39. The largest absolute Gasteiger partial charge is 0.341 e. The number of carbonyl (C=O) groups is 1. The molecule has 0 unspecified atom stereocenters. The maximum absolute atomic E-state index is 12.5. The van der Waals surface area contributed by atoms with E-state index in [9.17, 15) is 4.79 Å². The van der Waals surface area contributed by atoms with Gasteiger partial charge in [0.25, 0.3) is 0 Å². The van der Waals surface area contributed by atoms with Crippen molar-refractivity contribution in [2.75, 3.05) is 13.1 Å². The second-order valence-electron chi connectivity index (χ2n) is 6.36. The van der Waals surface area contributed by atoms with E-state index in [4.69, 9.17) is 5.73 Å². The Morgan fingerprint density at radius 2 is 1.53 bits per heavy atom. The molecule has 0 saturated heterocycles. The first kappa shape index (κ1) is 14.5. The van der Waals surface area contributed by atoms with E-state index in [-0.39, 0.29) is 5.91 Å². The molecule has 0 aromatic rings. The molecule has 1 saturated carbocycles. The summed E-state index contributed by atoms with van der Waals surface area (Å²) in [6.07, 6.45) is 3.91. The van der Waals surface area contributed by atoms with Crippen molar-refractivity contribution in [3.8, 4) is 0 Å². The summed E-state index contributed by atoms with van der Waals surface area (Å²) in [6, 6.07) is 0. The van der Waals surface area contributed by atoms with Crippen molar-refractivity contribution in [1.29, 1.82) is 0 Å². The molecule has 1 aliphatic carbocycles. The summed E-state index contributed by atoms with van der Waals surface area (Å²) in [6.45, 7) is 10.3. The summed E-state index contributed by atoms with van der Waals surface area (Å²) >= 11 is 0. The minimum Gasteiger partial charge on any atom is -0.341 e. The lowest BCUT2D eigenvalue weighted by molar-refractivity contribution is -0.138. The Kier molecular flexibility index (Phi) is 4.99. The molecule has 0 aromatic heterocycles. The second kappa shape index (κ2) is 5.85. The summed E-state index contributed by atoms with van der Waals surface area (Å²) in [5.74, 6) is 1.18. The maximum atomic E-state index is 12.5. The number of nitrogens with zero attached hydrogens (tertiary/aromatic N) is 1. The van der Waals surface area contributed by atoms with E-state index in [0.29, 0.717) is 11.8 Å². The zero-order valence-corrected chi connectivity index (χ0v) is 11.8. The standard InChI is InChI=1S/C14H28N2O/c1-11(2)9-16(10-12(3)4)13(17)14(15)7-5-6-8-14/h11-12H,5-10,15H2,1-4H3. The monoisotopic (exact) mass is 240 g/mol. The van der Waals surface area contributed by atoms with Gasteiger partial charge in [-0.25, -0.2) is 0 Å². The van der Waals surface area contributed by atoms with Gasteiger partial charge in [-0.3, -0.25) is 4.79 Å². The van der Waals surface area contributed by atoms with Crippen LogP contribution in [-0.4, -0.2) is 29.4 Å². The van der Waals surface area contributed by atoms with Crippen LogP contribution in [0.1, 0.15) is 53.4 Å². The van der Waals surface area contributed by atoms with E-state index < -0.39 is 5.54 Å². The Bertz CT molecular complexity index is 245. The van der Waals surface area contributed by atoms with Crippen molar-refractivity contribution in [3.63, 3.8) is 0 Å². The number of amides is 1. The zero-order chi connectivity index (χ0) is 13.1. The average Bonchev–Trinajstić information content (AvgIpc) is 2.63. The van der Waals surface area contributed by atoms with Gasteiger partial charge in [-0.05, 0) is 24.7 Å². The molecule has 0 bridgehead atoms. The second-order valence-corrected chi connectivity index (χ2v) is 6.36. The molecule has 3 nitrogen and oxygen atoms in total. The summed E-state index contributed by atoms with van der Waals surface area (Å²) in [7, 11) is 0. The van der Waals surface area contributed by atoms with Gasteiger partial charge in [0.15, 0.2) is 0 Å². The Morgan fingerprint density at radius 3 is 1.88 bits per heavy atom. The van der Waals surface area contributed by atoms with Gasteiger partial charge < -0.3 is 10.6 Å². The fourth-order valence-corrected chi connectivity index (χ4v) is 2.66. The van der Waals surface area contributed by atoms with E-state index in [1.165, 1.54) is 0 Å². The van der Waals surface area contributed by atoms with Gasteiger partial charge in [-0.1, -0.05) is 40.5 Å². The van der Waals surface area contributed by atoms with Gasteiger partial charge in [0.2, 0.25) is 5.91 Å². The highest BCUT2D eigenvalue weighted by atomic mass is 16.2. The van der Waals surface area contributed by atoms with Crippen LogP contribution in [0.2, 0.25) is 0 Å². The van der Waals surface area contributed by atoms with Gasteiger partial charge in [0, 0.05) is 13.1 Å². The van der Waals surface area contributed by atoms with Crippen LogP contribution in [0.4, 0.5) is 0 Å². The molecule has 1 fully saturated rings. The zero-order valence-electron chi connectivity index (χ0n) is 11.8. The van der Waals surface area contributed by atoms with Crippen molar-refractivity contribution >= 4 is 5.91 Å². The van der Waals surface area contributed by atoms with Crippen molar-refractivity contribution in [2.24, 2.45) is 17.6 Å². The van der Waals surface area contributed by atoms with Crippen LogP contribution in [0, 0.1) is 11.8 Å². The number of rotatable bonds is 5. The van der Waals surface area contributed by atoms with Gasteiger partial charge in [0.1, 0.15) is 0 Å². The predicted molar refractivity (Wildman–Crippen MR) is 71.6 cm³/mol. The molecule has 0 radical (unpaired) electrons. The average molecular weight is 240 g/mol. The van der Waals surface area contributed by atoms with E-state index in [2.05, 4.69) is 27.7 Å². The van der Waals surface area contributed by atoms with E-state index in [1.54, 1.807) is 0 Å². The number of carbonyl (C=O) groups excluding carboxylic acids is 1. The van der Waals surface area contributed by atoms with E-state index >= 15 is 0 Å². The molecule has 2 N–H and O–H groups in total. The molecule has 0 aromatic carbocycles.